The zero-order valence-electron chi connectivity index (χ0n) is 10.1. The van der Waals surface area contributed by atoms with Gasteiger partial charge in [-0.1, -0.05) is 0 Å². The van der Waals surface area contributed by atoms with Gasteiger partial charge in [0.15, 0.2) is 17.3 Å². The maximum atomic E-state index is 5.33. The predicted octanol–water partition coefficient (Wildman–Crippen LogP) is 0.450. The molecule has 0 radical (unpaired) electrons. The lowest BCUT2D eigenvalue weighted by atomic mass is 10.2. The highest BCUT2D eigenvalue weighted by molar-refractivity contribution is 5.83. The molecule has 1 saturated heterocycles. The zero-order valence-corrected chi connectivity index (χ0v) is 10.1. The summed E-state index contributed by atoms with van der Waals surface area (Å²) in [6.07, 6.45) is 7.94. The first-order valence-corrected chi connectivity index (χ1v) is 5.88. The Morgan fingerprint density at radius 1 is 1.56 bits per heavy atom. The topological polar surface area (TPSA) is 69.7 Å². The number of fused-ring (bicyclic) bond motifs is 1. The van der Waals surface area contributed by atoms with Crippen molar-refractivity contribution in [1.82, 2.24) is 24.8 Å². The highest BCUT2D eigenvalue weighted by atomic mass is 15.2. The van der Waals surface area contributed by atoms with Gasteiger partial charge in [-0.15, -0.1) is 6.42 Å². The van der Waals surface area contributed by atoms with Crippen LogP contribution in [0.4, 0.5) is 5.82 Å². The first kappa shape index (κ1) is 11.0. The van der Waals surface area contributed by atoms with Crippen molar-refractivity contribution in [2.24, 2.45) is 0 Å². The van der Waals surface area contributed by atoms with Gasteiger partial charge in [0.05, 0.1) is 0 Å². The first-order chi connectivity index (χ1) is 8.76. The molecule has 0 aliphatic carbocycles. The maximum absolute atomic E-state index is 5.33. The molecular formula is C12H14N6. The maximum Gasteiger partial charge on any atom is 0.185 e. The molecule has 1 aliphatic rings. The Balaban J connectivity index is 1.92. The minimum atomic E-state index is 0.408. The fourth-order valence-electron chi connectivity index (χ4n) is 2.25. The van der Waals surface area contributed by atoms with E-state index in [0.717, 1.165) is 30.8 Å². The molecule has 18 heavy (non-hydrogen) atoms. The van der Waals surface area contributed by atoms with Crippen LogP contribution in [-0.4, -0.2) is 51.0 Å². The second kappa shape index (κ2) is 4.27. The van der Waals surface area contributed by atoms with Crippen molar-refractivity contribution < 1.29 is 0 Å². The van der Waals surface area contributed by atoms with Gasteiger partial charge in [-0.3, -0.25) is 0 Å². The highest BCUT2D eigenvalue weighted by Crippen LogP contribution is 2.19. The van der Waals surface area contributed by atoms with Crippen LogP contribution in [0.25, 0.3) is 11.2 Å². The molecule has 0 saturated carbocycles. The molecule has 92 valence electrons. The van der Waals surface area contributed by atoms with Gasteiger partial charge < -0.3 is 15.2 Å². The average molecular weight is 242 g/mol. The molecule has 6 nitrogen and oxygen atoms in total. The molecular weight excluding hydrogens is 228 g/mol. The normalized spacial score (nSPS) is 20.1. The lowest BCUT2D eigenvalue weighted by Gasteiger charge is -2.13. The lowest BCUT2D eigenvalue weighted by Crippen LogP contribution is -2.24. The Morgan fingerprint density at radius 3 is 3.17 bits per heavy atom. The van der Waals surface area contributed by atoms with Crippen LogP contribution in [-0.2, 0) is 0 Å². The van der Waals surface area contributed by atoms with Gasteiger partial charge in [-0.05, 0) is 25.9 Å². The quantitative estimate of drug-likeness (QED) is 0.748. The number of nitrogens with zero attached hydrogens (tertiary/aromatic N) is 4. The van der Waals surface area contributed by atoms with E-state index in [2.05, 4.69) is 43.1 Å². The summed E-state index contributed by atoms with van der Waals surface area (Å²) in [6.45, 7) is 2.12. The third-order valence-electron chi connectivity index (χ3n) is 3.16. The van der Waals surface area contributed by atoms with E-state index in [-0.39, 0.29) is 0 Å². The number of aromatic amines is 1. The Bertz CT molecular complexity index is 611. The second-order valence-corrected chi connectivity index (χ2v) is 4.54. The van der Waals surface area contributed by atoms with E-state index in [4.69, 9.17) is 6.42 Å². The third kappa shape index (κ3) is 1.89. The third-order valence-corrected chi connectivity index (χ3v) is 3.16. The molecule has 2 aromatic rings. The van der Waals surface area contributed by atoms with Crippen molar-refractivity contribution in [2.75, 3.05) is 25.5 Å². The van der Waals surface area contributed by atoms with Gasteiger partial charge in [0.25, 0.3) is 0 Å². The SMILES string of the molecule is C#Cc1nc2ncnc(NC3CCN(C)C3)c2[nH]1. The van der Waals surface area contributed by atoms with Crippen molar-refractivity contribution in [3.63, 3.8) is 0 Å². The number of likely N-dealkylation sites (N-methyl/N-ethyl adjacent to an activating group) is 1. The molecule has 2 aromatic heterocycles. The van der Waals surface area contributed by atoms with E-state index in [9.17, 15) is 0 Å². The highest BCUT2D eigenvalue weighted by Gasteiger charge is 2.20. The van der Waals surface area contributed by atoms with Crippen molar-refractivity contribution in [2.45, 2.75) is 12.5 Å². The molecule has 6 heteroatoms. The van der Waals surface area contributed by atoms with Crippen LogP contribution < -0.4 is 5.32 Å². The summed E-state index contributed by atoms with van der Waals surface area (Å²) in [7, 11) is 2.11. The monoisotopic (exact) mass is 242 g/mol. The number of likely N-dealkylation sites (tertiary alicyclic amines) is 1. The summed E-state index contributed by atoms with van der Waals surface area (Å²) in [6, 6.07) is 0.408. The van der Waals surface area contributed by atoms with E-state index in [0.29, 0.717) is 17.5 Å². The van der Waals surface area contributed by atoms with Crippen molar-refractivity contribution >= 4 is 17.0 Å². The number of anilines is 1. The van der Waals surface area contributed by atoms with Crippen LogP contribution in [0.3, 0.4) is 0 Å². The summed E-state index contributed by atoms with van der Waals surface area (Å²) in [5.74, 6) is 3.73. The van der Waals surface area contributed by atoms with E-state index < -0.39 is 0 Å². The van der Waals surface area contributed by atoms with Crippen LogP contribution in [0.2, 0.25) is 0 Å². The van der Waals surface area contributed by atoms with Crippen LogP contribution >= 0.6 is 0 Å². The number of hydrogen-bond donors (Lipinski definition) is 2. The van der Waals surface area contributed by atoms with Crippen LogP contribution in [0, 0.1) is 12.3 Å². The van der Waals surface area contributed by atoms with Crippen LogP contribution in [0.5, 0.6) is 0 Å². The zero-order chi connectivity index (χ0) is 12.5. The number of nitrogens with one attached hydrogen (secondary N) is 2. The summed E-state index contributed by atoms with van der Waals surface area (Å²) in [4.78, 5) is 17.9. The molecule has 1 aliphatic heterocycles. The fourth-order valence-corrected chi connectivity index (χ4v) is 2.25. The number of hydrogen-bond acceptors (Lipinski definition) is 5. The minimum absolute atomic E-state index is 0.408. The molecule has 0 spiro atoms. The van der Waals surface area contributed by atoms with Crippen molar-refractivity contribution in [3.8, 4) is 12.3 Å². The molecule has 0 amide bonds. The summed E-state index contributed by atoms with van der Waals surface area (Å²) >= 11 is 0. The number of aromatic nitrogens is 4. The van der Waals surface area contributed by atoms with E-state index in [1.165, 1.54) is 6.33 Å². The Kier molecular flexibility index (Phi) is 2.61. The molecule has 3 rings (SSSR count). The minimum Gasteiger partial charge on any atom is -0.364 e. The van der Waals surface area contributed by atoms with Gasteiger partial charge >= 0.3 is 0 Å². The lowest BCUT2D eigenvalue weighted by molar-refractivity contribution is 0.414. The molecule has 0 aromatic carbocycles. The first-order valence-electron chi connectivity index (χ1n) is 5.88. The van der Waals surface area contributed by atoms with E-state index in [1.54, 1.807) is 0 Å². The molecule has 1 atom stereocenters. The fraction of sp³-hybridized carbons (Fsp3) is 0.417. The van der Waals surface area contributed by atoms with E-state index >= 15 is 0 Å². The number of rotatable bonds is 2. The molecule has 3 heterocycles. The average Bonchev–Trinajstić information content (AvgIpc) is 2.96. The Labute approximate surface area is 105 Å². The van der Waals surface area contributed by atoms with Crippen molar-refractivity contribution in [1.29, 1.82) is 0 Å². The second-order valence-electron chi connectivity index (χ2n) is 4.54. The molecule has 1 fully saturated rings. The van der Waals surface area contributed by atoms with E-state index in [1.807, 2.05) is 0 Å². The van der Waals surface area contributed by atoms with Gasteiger partial charge in [-0.2, -0.15) is 0 Å². The standard InChI is InChI=1S/C12H14N6/c1-3-9-16-10-11(13-7-14-12(10)17-9)15-8-4-5-18(2)6-8/h1,7-8H,4-6H2,2H3,(H2,13,14,15,16,17). The van der Waals surface area contributed by atoms with Gasteiger partial charge in [-0.25, -0.2) is 15.0 Å². The smallest absolute Gasteiger partial charge is 0.185 e. The molecule has 2 N–H and O–H groups in total. The summed E-state index contributed by atoms with van der Waals surface area (Å²) < 4.78 is 0. The van der Waals surface area contributed by atoms with Gasteiger partial charge in [0.1, 0.15) is 11.8 Å². The Morgan fingerprint density at radius 2 is 2.44 bits per heavy atom. The van der Waals surface area contributed by atoms with Crippen molar-refractivity contribution in [3.05, 3.63) is 12.2 Å². The largest absolute Gasteiger partial charge is 0.364 e. The number of terminal acetylenes is 1. The molecule has 1 unspecified atom stereocenters. The summed E-state index contributed by atoms with van der Waals surface area (Å²) in [5, 5.41) is 3.42. The number of imidazole rings is 1. The Hall–Kier alpha value is -2.13. The van der Waals surface area contributed by atoms with Crippen LogP contribution in [0.1, 0.15) is 12.2 Å². The van der Waals surface area contributed by atoms with Gasteiger partial charge in [0, 0.05) is 12.6 Å². The number of H-pyrrole nitrogens is 1. The summed E-state index contributed by atoms with van der Waals surface area (Å²) in [5.41, 5.74) is 1.38. The van der Waals surface area contributed by atoms with Crippen LogP contribution in [0.15, 0.2) is 6.33 Å². The molecule has 0 bridgehead atoms. The predicted molar refractivity (Wildman–Crippen MR) is 69.1 cm³/mol. The van der Waals surface area contributed by atoms with Gasteiger partial charge in [0.2, 0.25) is 0 Å².